The molecule has 4 N–H and O–H groups in total. The van der Waals surface area contributed by atoms with Gasteiger partial charge >= 0.3 is 0 Å². The fourth-order valence-corrected chi connectivity index (χ4v) is 1.14. The van der Waals surface area contributed by atoms with Crippen molar-refractivity contribution in [3.63, 3.8) is 0 Å². The monoisotopic (exact) mass is 227 g/mol. The lowest BCUT2D eigenvalue weighted by Gasteiger charge is -2.15. The van der Waals surface area contributed by atoms with Crippen LogP contribution in [0.1, 0.15) is 12.7 Å². The topological polar surface area (TPSA) is 97.7 Å². The molecule has 0 spiro atoms. The van der Waals surface area contributed by atoms with E-state index in [0.717, 1.165) is 0 Å². The first-order valence-electron chi connectivity index (χ1n) is 4.92. The van der Waals surface area contributed by atoms with Crippen LogP contribution in [0.15, 0.2) is 21.8 Å². The summed E-state index contributed by atoms with van der Waals surface area (Å²) in [7, 11) is 1.64. The van der Waals surface area contributed by atoms with Gasteiger partial charge in [0.05, 0.1) is 12.8 Å². The van der Waals surface area contributed by atoms with Gasteiger partial charge in [0.25, 0.3) is 0 Å². The van der Waals surface area contributed by atoms with Crippen molar-refractivity contribution >= 4 is 5.96 Å². The predicted octanol–water partition coefficient (Wildman–Crippen LogP) is -0.382. The molecule has 1 aromatic heterocycles. The van der Waals surface area contributed by atoms with E-state index >= 15 is 0 Å². The largest absolute Gasteiger partial charge is 0.383 e. The van der Waals surface area contributed by atoms with E-state index in [2.05, 4.69) is 20.9 Å². The van der Waals surface area contributed by atoms with Crippen LogP contribution in [0.3, 0.4) is 0 Å². The van der Waals surface area contributed by atoms with Crippen LogP contribution in [0.25, 0.3) is 0 Å². The zero-order chi connectivity index (χ0) is 11.8. The van der Waals surface area contributed by atoms with Gasteiger partial charge in [0, 0.05) is 19.2 Å². The number of nitrogens with zero attached hydrogens (tertiary/aromatic N) is 2. The van der Waals surface area contributed by atoms with Gasteiger partial charge in [-0.05, 0) is 6.92 Å². The zero-order valence-electron chi connectivity index (χ0n) is 9.43. The molecule has 0 radical (unpaired) electrons. The number of nitrogens with two attached hydrogens (primary N) is 1. The Kier molecular flexibility index (Phi) is 5.30. The highest BCUT2D eigenvalue weighted by atomic mass is 16.5. The van der Waals surface area contributed by atoms with Crippen LogP contribution in [0.2, 0.25) is 0 Å². The van der Waals surface area contributed by atoms with Crippen molar-refractivity contribution in [1.82, 2.24) is 15.9 Å². The minimum absolute atomic E-state index is 0.120. The number of hydrazine groups is 1. The van der Waals surface area contributed by atoms with Crippen molar-refractivity contribution in [2.45, 2.75) is 19.5 Å². The molecule has 0 aliphatic carbocycles. The van der Waals surface area contributed by atoms with Gasteiger partial charge in [-0.3, -0.25) is 5.43 Å². The van der Waals surface area contributed by atoms with Gasteiger partial charge in [-0.25, -0.2) is 10.8 Å². The summed E-state index contributed by atoms with van der Waals surface area (Å²) in [4.78, 5) is 4.19. The van der Waals surface area contributed by atoms with Crippen LogP contribution in [0, 0.1) is 0 Å². The van der Waals surface area contributed by atoms with Crippen LogP contribution in [-0.4, -0.2) is 30.9 Å². The molecule has 0 saturated carbocycles. The molecule has 0 aliphatic heterocycles. The van der Waals surface area contributed by atoms with Crippen molar-refractivity contribution in [2.75, 3.05) is 13.7 Å². The van der Waals surface area contributed by atoms with E-state index in [1.165, 1.54) is 0 Å². The number of aromatic nitrogens is 1. The number of guanidine groups is 1. The van der Waals surface area contributed by atoms with Crippen LogP contribution in [-0.2, 0) is 11.3 Å². The molecule has 1 rings (SSSR count). The molecule has 90 valence electrons. The number of aliphatic imine (C=N–C) groups is 1. The smallest absolute Gasteiger partial charge is 0.206 e. The molecular weight excluding hydrogens is 210 g/mol. The van der Waals surface area contributed by atoms with E-state index in [9.17, 15) is 0 Å². The van der Waals surface area contributed by atoms with Gasteiger partial charge in [-0.2, -0.15) is 0 Å². The third-order valence-corrected chi connectivity index (χ3v) is 1.82. The maximum Gasteiger partial charge on any atom is 0.206 e. The third-order valence-electron chi connectivity index (χ3n) is 1.82. The average molecular weight is 227 g/mol. The number of nitrogens with one attached hydrogen (secondary N) is 2. The highest BCUT2D eigenvalue weighted by Gasteiger charge is 2.04. The minimum atomic E-state index is 0.120. The van der Waals surface area contributed by atoms with E-state index in [-0.39, 0.29) is 6.04 Å². The predicted molar refractivity (Wildman–Crippen MR) is 59.4 cm³/mol. The minimum Gasteiger partial charge on any atom is -0.383 e. The van der Waals surface area contributed by atoms with E-state index < -0.39 is 0 Å². The molecule has 1 heterocycles. The summed E-state index contributed by atoms with van der Waals surface area (Å²) >= 11 is 0. The maximum atomic E-state index is 5.33. The standard InChI is InChI=1S/C9H17N5O2/c1-7(6-15-2)13-9(14-10)11-5-8-3-4-12-16-8/h3-4,7H,5-6,10H2,1-2H3,(H2,11,13,14). The quantitative estimate of drug-likeness (QED) is 0.274. The van der Waals surface area contributed by atoms with Gasteiger partial charge < -0.3 is 14.6 Å². The Morgan fingerprint density at radius 3 is 3.12 bits per heavy atom. The molecule has 1 unspecified atom stereocenters. The van der Waals surface area contributed by atoms with E-state index in [1.54, 1.807) is 19.4 Å². The highest BCUT2D eigenvalue weighted by Crippen LogP contribution is 1.97. The molecule has 1 aromatic rings. The second kappa shape index (κ2) is 6.81. The second-order valence-electron chi connectivity index (χ2n) is 3.29. The molecule has 0 aliphatic rings. The van der Waals surface area contributed by atoms with Gasteiger partial charge in [-0.1, -0.05) is 5.16 Å². The molecule has 0 saturated heterocycles. The summed E-state index contributed by atoms with van der Waals surface area (Å²) < 4.78 is 9.89. The first-order valence-corrected chi connectivity index (χ1v) is 4.92. The molecule has 16 heavy (non-hydrogen) atoms. The Labute approximate surface area is 94.0 Å². The van der Waals surface area contributed by atoms with Gasteiger partial charge in [0.1, 0.15) is 6.54 Å². The summed E-state index contributed by atoms with van der Waals surface area (Å²) in [6, 6.07) is 1.87. The third kappa shape index (κ3) is 4.28. The Morgan fingerprint density at radius 1 is 1.75 bits per heavy atom. The lowest BCUT2D eigenvalue weighted by atomic mass is 10.4. The lowest BCUT2D eigenvalue weighted by Crippen LogP contribution is -2.46. The van der Waals surface area contributed by atoms with Crippen LogP contribution >= 0.6 is 0 Å². The molecule has 0 aromatic carbocycles. The van der Waals surface area contributed by atoms with E-state index in [4.69, 9.17) is 15.1 Å². The first kappa shape index (κ1) is 12.5. The molecule has 1 atom stereocenters. The van der Waals surface area contributed by atoms with Crippen molar-refractivity contribution in [3.8, 4) is 0 Å². The summed E-state index contributed by atoms with van der Waals surface area (Å²) in [5.41, 5.74) is 2.48. The Morgan fingerprint density at radius 2 is 2.56 bits per heavy atom. The molecule has 7 heteroatoms. The highest BCUT2D eigenvalue weighted by molar-refractivity contribution is 5.79. The Bertz CT molecular complexity index is 312. The Hall–Kier alpha value is -1.60. The SMILES string of the molecule is COCC(C)NC(=NCc1ccno1)NN. The maximum absolute atomic E-state index is 5.33. The zero-order valence-corrected chi connectivity index (χ0v) is 9.43. The molecule has 7 nitrogen and oxygen atoms in total. The number of rotatable bonds is 5. The Balaban J connectivity index is 2.43. The summed E-state index contributed by atoms with van der Waals surface area (Å²) in [5.74, 6) is 6.49. The number of hydrogen-bond donors (Lipinski definition) is 3. The number of ether oxygens (including phenoxy) is 1. The fourth-order valence-electron chi connectivity index (χ4n) is 1.14. The molecule has 0 bridgehead atoms. The number of hydrogen-bond acceptors (Lipinski definition) is 5. The van der Waals surface area contributed by atoms with Crippen LogP contribution in [0.4, 0.5) is 0 Å². The van der Waals surface area contributed by atoms with Crippen molar-refractivity contribution in [1.29, 1.82) is 0 Å². The van der Waals surface area contributed by atoms with Crippen LogP contribution < -0.4 is 16.6 Å². The van der Waals surface area contributed by atoms with Crippen molar-refractivity contribution in [2.24, 2.45) is 10.8 Å². The normalized spacial score (nSPS) is 13.6. The molecule has 0 amide bonds. The average Bonchev–Trinajstić information content (AvgIpc) is 2.77. The van der Waals surface area contributed by atoms with Gasteiger partial charge in [-0.15, -0.1) is 0 Å². The van der Waals surface area contributed by atoms with Crippen LogP contribution in [0.5, 0.6) is 0 Å². The van der Waals surface area contributed by atoms with Gasteiger partial charge in [0.2, 0.25) is 5.96 Å². The summed E-state index contributed by atoms with van der Waals surface area (Å²) in [6.45, 7) is 2.92. The van der Waals surface area contributed by atoms with E-state index in [0.29, 0.717) is 24.9 Å². The first-order chi connectivity index (χ1) is 7.76. The second-order valence-corrected chi connectivity index (χ2v) is 3.29. The van der Waals surface area contributed by atoms with Crippen molar-refractivity contribution < 1.29 is 9.26 Å². The summed E-state index contributed by atoms with van der Waals surface area (Å²) in [5, 5.41) is 6.64. The lowest BCUT2D eigenvalue weighted by molar-refractivity contribution is 0.179. The summed E-state index contributed by atoms with van der Waals surface area (Å²) in [6.07, 6.45) is 1.57. The van der Waals surface area contributed by atoms with Gasteiger partial charge in [0.15, 0.2) is 5.76 Å². The number of methoxy groups -OCH3 is 1. The fraction of sp³-hybridized carbons (Fsp3) is 0.556. The van der Waals surface area contributed by atoms with Crippen molar-refractivity contribution in [3.05, 3.63) is 18.0 Å². The molecular formula is C9H17N5O2. The van der Waals surface area contributed by atoms with E-state index in [1.807, 2.05) is 6.92 Å². The molecule has 0 fully saturated rings.